The number of hydrogen-bond acceptors (Lipinski definition) is 7. The maximum Gasteiger partial charge on any atom is 0.344 e. The lowest BCUT2D eigenvalue weighted by molar-refractivity contribution is 0.0740. The van der Waals surface area contributed by atoms with Crippen LogP contribution < -0.4 is 10.6 Å². The third kappa shape index (κ3) is 5.01. The molecule has 1 amide bonds. The molecule has 0 spiro atoms. The maximum absolute atomic E-state index is 12.3. The Labute approximate surface area is 155 Å². The summed E-state index contributed by atoms with van der Waals surface area (Å²) in [7, 11) is 0. The molecule has 9 heteroatoms. The summed E-state index contributed by atoms with van der Waals surface area (Å²) in [6.45, 7) is 7.08. The second-order valence-electron chi connectivity index (χ2n) is 5.96. The van der Waals surface area contributed by atoms with Gasteiger partial charge in [-0.25, -0.2) is 4.98 Å². The van der Waals surface area contributed by atoms with Crippen LogP contribution in [0.1, 0.15) is 29.9 Å². The van der Waals surface area contributed by atoms with Gasteiger partial charge in [-0.3, -0.25) is 4.79 Å². The molecule has 3 N–H and O–H groups in total. The van der Waals surface area contributed by atoms with Crippen LogP contribution in [-0.4, -0.2) is 43.3 Å². The molecule has 0 aliphatic rings. The van der Waals surface area contributed by atoms with Crippen LogP contribution in [-0.2, 0) is 16.8 Å². The van der Waals surface area contributed by atoms with E-state index in [1.807, 2.05) is 0 Å². The average Bonchev–Trinajstić information content (AvgIpc) is 2.59. The Kier molecular flexibility index (Phi) is 6.30. The standard InChI is InChI=1S/C17H21N5O3S/c1-5-9-18-15(23)11-10-19-16(26(4)25)22-14(11)21-13-8-6-7-12(20-13)17(2,3)24/h5-8,10,24H,1,9H2,2-4H3,(H,18,23)(H,19,20,21,22). The van der Waals surface area contributed by atoms with Crippen LogP contribution in [0.2, 0.25) is 0 Å². The first kappa shape index (κ1) is 19.8. The van der Waals surface area contributed by atoms with Crippen LogP contribution in [0.15, 0.2) is 42.2 Å². The molecular formula is C17H21N5O3S. The van der Waals surface area contributed by atoms with Crippen LogP contribution in [0.3, 0.4) is 0 Å². The van der Waals surface area contributed by atoms with Crippen molar-refractivity contribution in [1.82, 2.24) is 20.3 Å². The lowest BCUT2D eigenvalue weighted by Crippen LogP contribution is -2.25. The third-order valence-corrected chi connectivity index (χ3v) is 4.01. The van der Waals surface area contributed by atoms with Crippen molar-refractivity contribution < 1.29 is 14.5 Å². The van der Waals surface area contributed by atoms with E-state index in [4.69, 9.17) is 0 Å². The molecule has 0 saturated heterocycles. The lowest BCUT2D eigenvalue weighted by Gasteiger charge is -2.18. The molecular weight excluding hydrogens is 354 g/mol. The molecule has 1 unspecified atom stereocenters. The molecule has 2 aromatic rings. The predicted molar refractivity (Wildman–Crippen MR) is 99.7 cm³/mol. The van der Waals surface area contributed by atoms with Crippen molar-refractivity contribution in [2.45, 2.75) is 24.6 Å². The fourth-order valence-corrected chi connectivity index (χ4v) is 2.41. The highest BCUT2D eigenvalue weighted by Gasteiger charge is 2.21. The largest absolute Gasteiger partial charge is 0.609 e. The highest BCUT2D eigenvalue weighted by atomic mass is 32.2. The number of aliphatic hydroxyl groups is 1. The van der Waals surface area contributed by atoms with E-state index < -0.39 is 22.7 Å². The number of aromatic nitrogens is 3. The summed E-state index contributed by atoms with van der Waals surface area (Å²) in [6.07, 6.45) is 4.31. The van der Waals surface area contributed by atoms with Gasteiger partial charge in [0.1, 0.15) is 23.2 Å². The van der Waals surface area contributed by atoms with E-state index in [0.29, 0.717) is 11.5 Å². The number of nitrogens with one attached hydrogen (secondary N) is 2. The van der Waals surface area contributed by atoms with Gasteiger partial charge >= 0.3 is 5.16 Å². The number of rotatable bonds is 7. The predicted octanol–water partition coefficient (Wildman–Crippen LogP) is 1.50. The van der Waals surface area contributed by atoms with Gasteiger partial charge in [0.05, 0.1) is 11.9 Å². The van der Waals surface area contributed by atoms with Gasteiger partial charge in [0.25, 0.3) is 5.91 Å². The Morgan fingerprint density at radius 2 is 2.15 bits per heavy atom. The maximum atomic E-state index is 12.3. The van der Waals surface area contributed by atoms with Gasteiger partial charge in [-0.2, -0.15) is 9.97 Å². The van der Waals surface area contributed by atoms with E-state index in [9.17, 15) is 14.5 Å². The van der Waals surface area contributed by atoms with E-state index in [2.05, 4.69) is 32.2 Å². The minimum absolute atomic E-state index is 0.0893. The van der Waals surface area contributed by atoms with Crippen molar-refractivity contribution in [2.75, 3.05) is 18.1 Å². The van der Waals surface area contributed by atoms with Crippen molar-refractivity contribution in [2.24, 2.45) is 0 Å². The van der Waals surface area contributed by atoms with Crippen molar-refractivity contribution in [3.05, 3.63) is 48.3 Å². The molecule has 8 nitrogen and oxygen atoms in total. The van der Waals surface area contributed by atoms with Crippen LogP contribution in [0.25, 0.3) is 0 Å². The van der Waals surface area contributed by atoms with Crippen LogP contribution in [0, 0.1) is 0 Å². The van der Waals surface area contributed by atoms with E-state index in [-0.39, 0.29) is 23.1 Å². The number of anilines is 2. The summed E-state index contributed by atoms with van der Waals surface area (Å²) in [5, 5.41) is 15.8. The quantitative estimate of drug-likeness (QED) is 0.381. The molecule has 0 aliphatic heterocycles. The Morgan fingerprint density at radius 1 is 1.42 bits per heavy atom. The van der Waals surface area contributed by atoms with Gasteiger partial charge in [0.2, 0.25) is 0 Å². The number of amides is 1. The number of hydrogen-bond donors (Lipinski definition) is 3. The fourth-order valence-electron chi connectivity index (χ4n) is 1.99. The van der Waals surface area contributed by atoms with E-state index >= 15 is 0 Å². The summed E-state index contributed by atoms with van der Waals surface area (Å²) in [6, 6.07) is 5.08. The Morgan fingerprint density at radius 3 is 2.77 bits per heavy atom. The van der Waals surface area contributed by atoms with Gasteiger partial charge in [-0.15, -0.1) is 6.58 Å². The van der Waals surface area contributed by atoms with E-state index in [0.717, 1.165) is 0 Å². The van der Waals surface area contributed by atoms with E-state index in [1.165, 1.54) is 12.5 Å². The number of nitrogens with zero attached hydrogens (tertiary/aromatic N) is 3. The molecule has 0 aliphatic carbocycles. The van der Waals surface area contributed by atoms with Crippen molar-refractivity contribution in [3.8, 4) is 0 Å². The molecule has 2 rings (SSSR count). The van der Waals surface area contributed by atoms with Crippen molar-refractivity contribution in [1.29, 1.82) is 0 Å². The monoisotopic (exact) mass is 375 g/mol. The van der Waals surface area contributed by atoms with Gasteiger partial charge in [-0.05, 0) is 26.0 Å². The Hall–Kier alpha value is -2.49. The molecule has 1 atom stereocenters. The second-order valence-corrected chi connectivity index (χ2v) is 7.23. The molecule has 138 valence electrons. The second kappa shape index (κ2) is 8.26. The summed E-state index contributed by atoms with van der Waals surface area (Å²) >= 11 is -1.41. The van der Waals surface area contributed by atoms with E-state index in [1.54, 1.807) is 38.1 Å². The normalized spacial score (nSPS) is 12.3. The SMILES string of the molecule is C=CCNC(=O)c1cnc([S+](C)[O-])nc1Nc1cccc(C(C)(C)O)n1. The first-order valence-corrected chi connectivity index (χ1v) is 9.34. The number of carbonyl (C=O) groups excluding carboxylic acids is 1. The van der Waals surface area contributed by atoms with Gasteiger partial charge in [0.15, 0.2) is 5.82 Å². The summed E-state index contributed by atoms with van der Waals surface area (Å²) in [5.41, 5.74) is -0.492. The summed E-state index contributed by atoms with van der Waals surface area (Å²) in [5.74, 6) is 0.153. The molecule has 0 saturated carbocycles. The first-order chi connectivity index (χ1) is 12.2. The first-order valence-electron chi connectivity index (χ1n) is 7.79. The summed E-state index contributed by atoms with van der Waals surface area (Å²) < 4.78 is 11.7. The molecule has 0 bridgehead atoms. The molecule has 0 fully saturated rings. The highest BCUT2D eigenvalue weighted by Crippen LogP contribution is 2.22. The van der Waals surface area contributed by atoms with Gasteiger partial charge in [-0.1, -0.05) is 12.1 Å². The number of pyridine rings is 1. The molecule has 2 aromatic heterocycles. The van der Waals surface area contributed by atoms with Crippen LogP contribution in [0.4, 0.5) is 11.6 Å². The highest BCUT2D eigenvalue weighted by molar-refractivity contribution is 7.90. The average molecular weight is 375 g/mol. The zero-order valence-electron chi connectivity index (χ0n) is 14.8. The zero-order chi connectivity index (χ0) is 19.3. The van der Waals surface area contributed by atoms with Crippen LogP contribution >= 0.6 is 0 Å². The third-order valence-electron chi connectivity index (χ3n) is 3.30. The lowest BCUT2D eigenvalue weighted by atomic mass is 10.1. The Balaban J connectivity index is 2.41. The molecule has 0 radical (unpaired) electrons. The van der Waals surface area contributed by atoms with Gasteiger partial charge in [0, 0.05) is 17.7 Å². The van der Waals surface area contributed by atoms with Crippen LogP contribution in [0.5, 0.6) is 0 Å². The molecule has 0 aromatic carbocycles. The van der Waals surface area contributed by atoms with Crippen molar-refractivity contribution in [3.63, 3.8) is 0 Å². The molecule has 26 heavy (non-hydrogen) atoms. The number of carbonyl (C=O) groups is 1. The minimum Gasteiger partial charge on any atom is -0.609 e. The van der Waals surface area contributed by atoms with Crippen molar-refractivity contribution >= 4 is 28.7 Å². The fraction of sp³-hybridized carbons (Fsp3) is 0.294. The summed E-state index contributed by atoms with van der Waals surface area (Å²) in [4.78, 5) is 24.8. The Bertz CT molecular complexity index is 805. The minimum atomic E-state index is -1.41. The zero-order valence-corrected chi connectivity index (χ0v) is 15.6. The van der Waals surface area contributed by atoms with Gasteiger partial charge < -0.3 is 20.3 Å². The topological polar surface area (TPSA) is 123 Å². The smallest absolute Gasteiger partial charge is 0.344 e. The molecule has 2 heterocycles.